The van der Waals surface area contributed by atoms with E-state index >= 15 is 0 Å². The lowest BCUT2D eigenvalue weighted by Crippen LogP contribution is -2.37. The Morgan fingerprint density at radius 3 is 2.58 bits per heavy atom. The van der Waals surface area contributed by atoms with E-state index in [0.717, 1.165) is 25.5 Å². The van der Waals surface area contributed by atoms with Crippen LogP contribution in [0.25, 0.3) is 0 Å². The molecule has 1 aromatic rings. The molecule has 0 fully saturated rings. The van der Waals surface area contributed by atoms with Gasteiger partial charge in [0.1, 0.15) is 0 Å². The molecule has 0 aliphatic heterocycles. The number of nitrogens with zero attached hydrogens (tertiary/aromatic N) is 1. The van der Waals surface area contributed by atoms with Gasteiger partial charge in [0.2, 0.25) is 0 Å². The van der Waals surface area contributed by atoms with Crippen molar-refractivity contribution in [1.29, 1.82) is 0 Å². The van der Waals surface area contributed by atoms with Crippen LogP contribution in [0.15, 0.2) is 41.4 Å². The van der Waals surface area contributed by atoms with Crippen molar-refractivity contribution < 1.29 is 0 Å². The van der Waals surface area contributed by atoms with Gasteiger partial charge in [0, 0.05) is 13.1 Å². The number of hydrogen-bond acceptors (Lipinski definition) is 1. The fourth-order valence-corrected chi connectivity index (χ4v) is 1.65. The lowest BCUT2D eigenvalue weighted by Gasteiger charge is -2.10. The molecule has 1 aromatic carbocycles. The Bertz CT molecular complexity index is 405. The van der Waals surface area contributed by atoms with Crippen LogP contribution in [0.1, 0.15) is 31.4 Å². The fraction of sp³-hybridized carbons (Fsp3) is 0.438. The van der Waals surface area contributed by atoms with Crippen LogP contribution in [0.4, 0.5) is 0 Å². The van der Waals surface area contributed by atoms with E-state index in [1.807, 2.05) is 6.92 Å². The Morgan fingerprint density at radius 1 is 1.21 bits per heavy atom. The minimum Gasteiger partial charge on any atom is -0.357 e. The first-order valence-electron chi connectivity index (χ1n) is 6.95. The van der Waals surface area contributed by atoms with Crippen LogP contribution in [0.2, 0.25) is 0 Å². The van der Waals surface area contributed by atoms with E-state index in [1.54, 1.807) is 0 Å². The minimum absolute atomic E-state index is 0.708. The van der Waals surface area contributed by atoms with Crippen molar-refractivity contribution >= 4 is 5.96 Å². The second-order valence-electron chi connectivity index (χ2n) is 4.47. The number of aryl methyl sites for hydroxylation is 1. The molecule has 0 aliphatic carbocycles. The van der Waals surface area contributed by atoms with Gasteiger partial charge in [-0.05, 0) is 32.8 Å². The fourth-order valence-electron chi connectivity index (χ4n) is 1.65. The van der Waals surface area contributed by atoms with E-state index in [2.05, 4.69) is 65.9 Å². The van der Waals surface area contributed by atoms with Crippen LogP contribution >= 0.6 is 0 Å². The largest absolute Gasteiger partial charge is 0.357 e. The molecule has 0 radical (unpaired) electrons. The summed E-state index contributed by atoms with van der Waals surface area (Å²) in [6, 6.07) is 8.50. The molecule has 3 heteroatoms. The van der Waals surface area contributed by atoms with Crippen LogP contribution in [-0.4, -0.2) is 19.0 Å². The number of benzene rings is 1. The summed E-state index contributed by atoms with van der Waals surface area (Å²) in [4.78, 5) is 4.58. The number of aliphatic imine (C=N–C) groups is 1. The topological polar surface area (TPSA) is 36.4 Å². The summed E-state index contributed by atoms with van der Waals surface area (Å²) in [5, 5.41) is 6.58. The first-order valence-corrected chi connectivity index (χ1v) is 6.95. The Balaban J connectivity index is 2.49. The van der Waals surface area contributed by atoms with Gasteiger partial charge in [0.25, 0.3) is 0 Å². The molecule has 19 heavy (non-hydrogen) atoms. The molecule has 0 bridgehead atoms. The maximum absolute atomic E-state index is 4.58. The zero-order valence-corrected chi connectivity index (χ0v) is 12.2. The van der Waals surface area contributed by atoms with Crippen LogP contribution in [-0.2, 0) is 6.54 Å². The van der Waals surface area contributed by atoms with Crippen LogP contribution < -0.4 is 10.6 Å². The highest BCUT2D eigenvalue weighted by molar-refractivity contribution is 5.79. The smallest absolute Gasteiger partial charge is 0.191 e. The van der Waals surface area contributed by atoms with Crippen molar-refractivity contribution in [3.05, 3.63) is 47.5 Å². The number of allylic oxidation sites excluding steroid dienone is 1. The average Bonchev–Trinajstić information content (AvgIpc) is 2.42. The van der Waals surface area contributed by atoms with Crippen molar-refractivity contribution in [3.63, 3.8) is 0 Å². The average molecular weight is 259 g/mol. The molecule has 0 saturated heterocycles. The van der Waals surface area contributed by atoms with Gasteiger partial charge >= 0.3 is 0 Å². The van der Waals surface area contributed by atoms with Crippen LogP contribution in [0.3, 0.4) is 0 Å². The van der Waals surface area contributed by atoms with Crippen molar-refractivity contribution in [2.75, 3.05) is 13.1 Å². The number of rotatable bonds is 6. The molecule has 0 unspecified atom stereocenters. The molecule has 0 atom stereocenters. The maximum Gasteiger partial charge on any atom is 0.191 e. The van der Waals surface area contributed by atoms with Crippen molar-refractivity contribution in [3.8, 4) is 0 Å². The molecule has 0 heterocycles. The van der Waals surface area contributed by atoms with Gasteiger partial charge in [-0.3, -0.25) is 0 Å². The van der Waals surface area contributed by atoms with Gasteiger partial charge < -0.3 is 10.6 Å². The van der Waals surface area contributed by atoms with E-state index < -0.39 is 0 Å². The van der Waals surface area contributed by atoms with Gasteiger partial charge in [0.05, 0.1) is 6.54 Å². The number of guanidine groups is 1. The first kappa shape index (κ1) is 15.3. The van der Waals surface area contributed by atoms with E-state index in [4.69, 9.17) is 0 Å². The Hall–Kier alpha value is -1.77. The zero-order valence-electron chi connectivity index (χ0n) is 12.2. The molecule has 1 rings (SSSR count). The molecular formula is C16H25N3. The van der Waals surface area contributed by atoms with Crippen molar-refractivity contribution in [2.24, 2.45) is 4.99 Å². The predicted molar refractivity (Wildman–Crippen MR) is 83.4 cm³/mol. The number of hydrogen-bond donors (Lipinski definition) is 2. The van der Waals surface area contributed by atoms with Gasteiger partial charge in [-0.15, -0.1) is 0 Å². The Kier molecular flexibility index (Phi) is 7.40. The second kappa shape index (κ2) is 9.20. The zero-order chi connectivity index (χ0) is 13.9. The molecule has 3 nitrogen and oxygen atoms in total. The summed E-state index contributed by atoms with van der Waals surface area (Å²) in [6.45, 7) is 8.71. The normalized spacial score (nSPS) is 11.8. The first-order chi connectivity index (χ1) is 9.26. The van der Waals surface area contributed by atoms with Gasteiger partial charge in [-0.25, -0.2) is 4.99 Å². The molecule has 0 aliphatic rings. The summed E-state index contributed by atoms with van der Waals surface area (Å²) in [5.41, 5.74) is 2.51. The highest BCUT2D eigenvalue weighted by atomic mass is 15.2. The Morgan fingerprint density at radius 2 is 1.95 bits per heavy atom. The molecular weight excluding hydrogens is 234 g/mol. The quantitative estimate of drug-likeness (QED) is 0.356. The summed E-state index contributed by atoms with van der Waals surface area (Å²) < 4.78 is 0. The standard InChI is InChI=1S/C16H25N3/c1-4-6-7-12-18-16(17-5-2)19-13-15-10-8-14(3)9-11-15/h4,6,8-11H,5,7,12-13H2,1-3H3,(H2,17,18,19)/b6-4+. The monoisotopic (exact) mass is 259 g/mol. The van der Waals surface area contributed by atoms with E-state index in [9.17, 15) is 0 Å². The summed E-state index contributed by atoms with van der Waals surface area (Å²) in [6.07, 6.45) is 5.24. The van der Waals surface area contributed by atoms with Crippen LogP contribution in [0, 0.1) is 6.92 Å². The molecule has 0 saturated carbocycles. The Labute approximate surface area is 116 Å². The summed E-state index contributed by atoms with van der Waals surface area (Å²) in [5.74, 6) is 0.882. The van der Waals surface area contributed by atoms with Gasteiger partial charge in [0.15, 0.2) is 5.96 Å². The van der Waals surface area contributed by atoms with Gasteiger partial charge in [-0.1, -0.05) is 42.0 Å². The third kappa shape index (κ3) is 6.65. The third-order valence-electron chi connectivity index (χ3n) is 2.72. The van der Waals surface area contributed by atoms with E-state index in [1.165, 1.54) is 11.1 Å². The maximum atomic E-state index is 4.58. The lowest BCUT2D eigenvalue weighted by atomic mass is 10.1. The highest BCUT2D eigenvalue weighted by Gasteiger charge is 1.96. The molecule has 0 aromatic heterocycles. The second-order valence-corrected chi connectivity index (χ2v) is 4.47. The van der Waals surface area contributed by atoms with Crippen molar-refractivity contribution in [2.45, 2.75) is 33.7 Å². The molecule has 0 amide bonds. The molecule has 0 spiro atoms. The predicted octanol–water partition coefficient (Wildman–Crippen LogP) is 3.02. The van der Waals surface area contributed by atoms with Crippen LogP contribution in [0.5, 0.6) is 0 Å². The minimum atomic E-state index is 0.708. The highest BCUT2D eigenvalue weighted by Crippen LogP contribution is 2.04. The summed E-state index contributed by atoms with van der Waals surface area (Å²) >= 11 is 0. The van der Waals surface area contributed by atoms with E-state index in [-0.39, 0.29) is 0 Å². The number of nitrogens with one attached hydrogen (secondary N) is 2. The molecule has 104 valence electrons. The van der Waals surface area contributed by atoms with Gasteiger partial charge in [-0.2, -0.15) is 0 Å². The third-order valence-corrected chi connectivity index (χ3v) is 2.72. The SMILES string of the molecule is C/C=C/CCNC(=NCc1ccc(C)cc1)NCC. The lowest BCUT2D eigenvalue weighted by molar-refractivity contribution is 0.810. The summed E-state index contributed by atoms with van der Waals surface area (Å²) in [7, 11) is 0. The van der Waals surface area contributed by atoms with E-state index in [0.29, 0.717) is 6.54 Å². The van der Waals surface area contributed by atoms with Crippen molar-refractivity contribution in [1.82, 2.24) is 10.6 Å². The molecule has 2 N–H and O–H groups in total.